The molecule has 0 spiro atoms. The van der Waals surface area contributed by atoms with Crippen molar-refractivity contribution in [3.8, 4) is 17.0 Å². The molecule has 6 rings (SSSR count). The molecule has 0 radical (unpaired) electrons. The SMILES string of the molecule is CCOC(=O)c1cnn2c(C)c(-c3ccc(N=C(c4ccccc4)c4ccccc4)cc3F)c(NCc3cc(F)cnc3O[C@@H](C)CNC(=O)OC(C)(C)C)nc12. The van der Waals surface area contributed by atoms with Crippen LogP contribution in [0.4, 0.5) is 25.1 Å². The van der Waals surface area contributed by atoms with Gasteiger partial charge in [-0.25, -0.2) is 37.8 Å². The molecule has 3 aromatic carbocycles. The number of aliphatic imine (C=N–C) groups is 1. The van der Waals surface area contributed by atoms with Gasteiger partial charge < -0.3 is 24.8 Å². The third kappa shape index (κ3) is 9.76. The van der Waals surface area contributed by atoms with Gasteiger partial charge in [-0.15, -0.1) is 0 Å². The molecule has 14 heteroatoms. The Morgan fingerprint density at radius 2 is 1.63 bits per heavy atom. The number of anilines is 1. The van der Waals surface area contributed by atoms with Crippen molar-refractivity contribution in [2.45, 2.75) is 59.8 Å². The van der Waals surface area contributed by atoms with Crippen LogP contribution in [-0.4, -0.2) is 62.2 Å². The number of ether oxygens (including phenoxy) is 3. The van der Waals surface area contributed by atoms with Gasteiger partial charge in [-0.2, -0.15) is 5.10 Å². The Balaban J connectivity index is 1.37. The van der Waals surface area contributed by atoms with Crippen LogP contribution in [0.15, 0.2) is 102 Å². The minimum absolute atomic E-state index is 0.0771. The first kappa shape index (κ1) is 40.0. The fraction of sp³-hybridized carbons (Fsp3) is 0.256. The number of amides is 1. The predicted octanol–water partition coefficient (Wildman–Crippen LogP) is 8.63. The fourth-order valence-electron chi connectivity index (χ4n) is 5.98. The topological polar surface area (TPSA) is 141 Å². The van der Waals surface area contributed by atoms with Gasteiger partial charge in [0.15, 0.2) is 5.65 Å². The van der Waals surface area contributed by atoms with Gasteiger partial charge in [-0.05, 0) is 59.7 Å². The molecule has 0 unspecified atom stereocenters. The van der Waals surface area contributed by atoms with E-state index in [9.17, 15) is 14.0 Å². The van der Waals surface area contributed by atoms with Crippen LogP contribution in [0.2, 0.25) is 0 Å². The lowest BCUT2D eigenvalue weighted by molar-refractivity contribution is 0.0500. The number of benzene rings is 3. The maximum absolute atomic E-state index is 16.5. The molecule has 6 aromatic rings. The quantitative estimate of drug-likeness (QED) is 0.0871. The number of carbonyl (C=O) groups excluding carboxylic acids is 2. The number of esters is 1. The summed E-state index contributed by atoms with van der Waals surface area (Å²) >= 11 is 0. The molecule has 0 saturated heterocycles. The largest absolute Gasteiger partial charge is 0.473 e. The summed E-state index contributed by atoms with van der Waals surface area (Å²) in [5, 5.41) is 10.2. The second-order valence-corrected chi connectivity index (χ2v) is 14.1. The van der Waals surface area contributed by atoms with Gasteiger partial charge in [-0.1, -0.05) is 60.7 Å². The molecule has 2 N–H and O–H groups in total. The number of pyridine rings is 1. The monoisotopic (exact) mass is 775 g/mol. The van der Waals surface area contributed by atoms with Crippen LogP contribution < -0.4 is 15.4 Å². The average Bonchev–Trinajstić information content (AvgIpc) is 3.61. The van der Waals surface area contributed by atoms with Crippen molar-refractivity contribution in [2.24, 2.45) is 4.99 Å². The van der Waals surface area contributed by atoms with Crippen molar-refractivity contribution in [3.63, 3.8) is 0 Å². The van der Waals surface area contributed by atoms with Crippen molar-refractivity contribution >= 4 is 34.9 Å². The minimum Gasteiger partial charge on any atom is -0.473 e. The van der Waals surface area contributed by atoms with Gasteiger partial charge in [0.2, 0.25) is 5.88 Å². The zero-order chi connectivity index (χ0) is 40.7. The summed E-state index contributed by atoms with van der Waals surface area (Å²) in [5.41, 5.74) is 3.66. The zero-order valence-electron chi connectivity index (χ0n) is 32.5. The number of halogens is 2. The van der Waals surface area contributed by atoms with Crippen molar-refractivity contribution in [3.05, 3.63) is 137 Å². The van der Waals surface area contributed by atoms with E-state index in [2.05, 4.69) is 20.7 Å². The highest BCUT2D eigenvalue weighted by molar-refractivity contribution is 6.14. The Labute approximate surface area is 329 Å². The van der Waals surface area contributed by atoms with E-state index in [1.807, 2.05) is 60.7 Å². The van der Waals surface area contributed by atoms with E-state index in [0.29, 0.717) is 28.2 Å². The molecule has 1 atom stereocenters. The summed E-state index contributed by atoms with van der Waals surface area (Å²) in [6, 6.07) is 25.2. The van der Waals surface area contributed by atoms with E-state index in [0.717, 1.165) is 17.3 Å². The minimum atomic E-state index is -0.680. The summed E-state index contributed by atoms with van der Waals surface area (Å²) in [5.74, 6) is -1.57. The maximum Gasteiger partial charge on any atom is 0.407 e. The molecule has 0 saturated carbocycles. The van der Waals surface area contributed by atoms with E-state index in [1.54, 1.807) is 53.7 Å². The average molecular weight is 776 g/mol. The normalized spacial score (nSPS) is 11.8. The number of hydrogen-bond acceptors (Lipinski definition) is 10. The Morgan fingerprint density at radius 3 is 2.26 bits per heavy atom. The number of nitrogens with one attached hydrogen (secondary N) is 2. The Kier molecular flexibility index (Phi) is 12.2. The molecule has 57 heavy (non-hydrogen) atoms. The van der Waals surface area contributed by atoms with Crippen LogP contribution in [-0.2, 0) is 16.0 Å². The number of nitrogens with zero attached hydrogens (tertiary/aromatic N) is 5. The number of alkyl carbamates (subject to hydrolysis) is 1. The van der Waals surface area contributed by atoms with Gasteiger partial charge in [-0.3, -0.25) is 0 Å². The van der Waals surface area contributed by atoms with Crippen molar-refractivity contribution < 1.29 is 32.6 Å². The molecule has 0 aliphatic heterocycles. The van der Waals surface area contributed by atoms with E-state index in [-0.39, 0.29) is 48.2 Å². The van der Waals surface area contributed by atoms with E-state index in [1.165, 1.54) is 22.8 Å². The highest BCUT2D eigenvalue weighted by Gasteiger charge is 2.24. The number of aromatic nitrogens is 4. The molecule has 0 aliphatic carbocycles. The van der Waals surface area contributed by atoms with Gasteiger partial charge in [0, 0.05) is 40.4 Å². The molecule has 294 valence electrons. The van der Waals surface area contributed by atoms with Crippen molar-refractivity contribution in [2.75, 3.05) is 18.5 Å². The number of aryl methyl sites for hydroxylation is 1. The van der Waals surface area contributed by atoms with Crippen LogP contribution in [0.3, 0.4) is 0 Å². The lowest BCUT2D eigenvalue weighted by Crippen LogP contribution is -2.37. The van der Waals surface area contributed by atoms with Crippen LogP contribution in [0.25, 0.3) is 16.8 Å². The second kappa shape index (κ2) is 17.4. The number of rotatable bonds is 13. The second-order valence-electron chi connectivity index (χ2n) is 14.1. The lowest BCUT2D eigenvalue weighted by Gasteiger charge is -2.21. The summed E-state index contributed by atoms with van der Waals surface area (Å²) in [7, 11) is 0. The molecule has 0 bridgehead atoms. The summed E-state index contributed by atoms with van der Waals surface area (Å²) in [4.78, 5) is 38.9. The summed E-state index contributed by atoms with van der Waals surface area (Å²) in [6.45, 7) is 10.5. The van der Waals surface area contributed by atoms with Gasteiger partial charge in [0.05, 0.1) is 42.6 Å². The van der Waals surface area contributed by atoms with Crippen LogP contribution in [0, 0.1) is 18.6 Å². The lowest BCUT2D eigenvalue weighted by atomic mass is 10.0. The fourth-order valence-corrected chi connectivity index (χ4v) is 5.98. The van der Waals surface area contributed by atoms with Crippen molar-refractivity contribution in [1.29, 1.82) is 0 Å². The third-order valence-electron chi connectivity index (χ3n) is 8.51. The molecule has 3 aromatic heterocycles. The zero-order valence-corrected chi connectivity index (χ0v) is 32.5. The highest BCUT2D eigenvalue weighted by Crippen LogP contribution is 2.36. The van der Waals surface area contributed by atoms with Crippen LogP contribution in [0.1, 0.15) is 67.4 Å². The van der Waals surface area contributed by atoms with Gasteiger partial charge >= 0.3 is 12.1 Å². The van der Waals surface area contributed by atoms with E-state index in [4.69, 9.17) is 24.2 Å². The molecule has 1 amide bonds. The first-order valence-corrected chi connectivity index (χ1v) is 18.4. The van der Waals surface area contributed by atoms with Gasteiger partial charge in [0.1, 0.15) is 34.7 Å². The standard InChI is InChI=1S/C43H43F2N7O5/c1-7-55-41(53)34-25-49-52-27(3)36(33-19-18-32(21-35(33)45)50-37(28-14-10-8-11-15-28)29-16-12-9-13-17-29)38(51-39(34)52)46-23-30-20-31(44)24-47-40(30)56-26(2)22-48-42(54)57-43(4,5)6/h8-21,24-26H,7,22-23H2,1-6H3,(H,46,51)(H,48,54)/t26-/m0/s1. The predicted molar refractivity (Wildman–Crippen MR) is 213 cm³/mol. The first-order valence-electron chi connectivity index (χ1n) is 18.4. The van der Waals surface area contributed by atoms with Crippen LogP contribution in [0.5, 0.6) is 5.88 Å². The maximum atomic E-state index is 16.5. The summed E-state index contributed by atoms with van der Waals surface area (Å²) < 4.78 is 49.1. The molecule has 0 aliphatic rings. The smallest absolute Gasteiger partial charge is 0.407 e. The van der Waals surface area contributed by atoms with Gasteiger partial charge in [0.25, 0.3) is 0 Å². The van der Waals surface area contributed by atoms with Crippen molar-refractivity contribution in [1.82, 2.24) is 24.9 Å². The van der Waals surface area contributed by atoms with E-state index >= 15 is 4.39 Å². The summed E-state index contributed by atoms with van der Waals surface area (Å²) in [6.07, 6.45) is 1.17. The first-order chi connectivity index (χ1) is 27.3. The van der Waals surface area contributed by atoms with Crippen LogP contribution >= 0.6 is 0 Å². The number of carbonyl (C=O) groups is 2. The Morgan fingerprint density at radius 1 is 0.947 bits per heavy atom. The number of hydrogen-bond donors (Lipinski definition) is 2. The Hall–Kier alpha value is -6.70. The molecular weight excluding hydrogens is 733 g/mol. The number of fused-ring (bicyclic) bond motifs is 1. The third-order valence-corrected chi connectivity index (χ3v) is 8.51. The highest BCUT2D eigenvalue weighted by atomic mass is 19.1. The molecule has 12 nitrogen and oxygen atoms in total. The molecule has 0 fully saturated rings. The molecular formula is C43H43F2N7O5. The Bertz CT molecular complexity index is 2370. The van der Waals surface area contributed by atoms with E-state index < -0.39 is 35.4 Å². The molecule has 3 heterocycles.